The number of carbonyl (C=O) groups is 2. The third-order valence-corrected chi connectivity index (χ3v) is 8.23. The highest BCUT2D eigenvalue weighted by Crippen LogP contribution is 2.22. The van der Waals surface area contributed by atoms with Gasteiger partial charge in [-0.1, -0.05) is 42.5 Å². The molecule has 1 N–H and O–H groups in total. The molecule has 178 valence electrons. The highest BCUT2D eigenvalue weighted by Gasteiger charge is 2.31. The van der Waals surface area contributed by atoms with Crippen LogP contribution in [0.15, 0.2) is 65.6 Å². The van der Waals surface area contributed by atoms with Crippen LogP contribution in [0.25, 0.3) is 10.8 Å². The molecule has 1 fully saturated rings. The van der Waals surface area contributed by atoms with Crippen molar-refractivity contribution < 1.29 is 18.0 Å². The summed E-state index contributed by atoms with van der Waals surface area (Å²) in [6.45, 7) is 5.07. The Hall–Kier alpha value is -3.23. The second-order valence-corrected chi connectivity index (χ2v) is 10.5. The molecule has 3 aromatic carbocycles. The third kappa shape index (κ3) is 5.13. The Bertz CT molecular complexity index is 1330. The van der Waals surface area contributed by atoms with Crippen LogP contribution in [0.3, 0.4) is 0 Å². The number of hydrogen-bond acceptors (Lipinski definition) is 4. The van der Waals surface area contributed by atoms with E-state index in [-0.39, 0.29) is 37.9 Å². The smallest absolute Gasteiger partial charge is 0.251 e. The fraction of sp³-hybridized carbons (Fsp3) is 0.308. The molecule has 0 aromatic heterocycles. The van der Waals surface area contributed by atoms with Crippen molar-refractivity contribution in [3.63, 3.8) is 0 Å². The van der Waals surface area contributed by atoms with E-state index in [1.165, 1.54) is 4.31 Å². The van der Waals surface area contributed by atoms with Crippen molar-refractivity contribution >= 4 is 32.6 Å². The minimum Gasteiger partial charge on any atom is -0.352 e. The minimum absolute atomic E-state index is 0.0948. The number of sulfonamides is 1. The number of nitrogens with zero attached hydrogens (tertiary/aromatic N) is 2. The van der Waals surface area contributed by atoms with E-state index in [9.17, 15) is 18.0 Å². The first-order valence-electron chi connectivity index (χ1n) is 11.4. The summed E-state index contributed by atoms with van der Waals surface area (Å²) in [5.41, 5.74) is 2.16. The van der Waals surface area contributed by atoms with Crippen LogP contribution >= 0.6 is 0 Å². The second-order valence-electron chi connectivity index (χ2n) is 8.62. The number of benzene rings is 3. The molecule has 0 spiro atoms. The molecule has 34 heavy (non-hydrogen) atoms. The van der Waals surface area contributed by atoms with Gasteiger partial charge in [-0.15, -0.1) is 0 Å². The topological polar surface area (TPSA) is 86.8 Å². The number of nitrogens with one attached hydrogen (secondary N) is 1. The molecule has 1 heterocycles. The molecule has 0 atom stereocenters. The van der Waals surface area contributed by atoms with Crippen molar-refractivity contribution in [2.75, 3.05) is 32.7 Å². The molecular formula is C26H29N3O4S. The van der Waals surface area contributed by atoms with E-state index in [0.717, 1.165) is 16.3 Å². The van der Waals surface area contributed by atoms with E-state index in [0.29, 0.717) is 29.1 Å². The highest BCUT2D eigenvalue weighted by molar-refractivity contribution is 7.89. The van der Waals surface area contributed by atoms with E-state index in [1.807, 2.05) is 55.5 Å². The van der Waals surface area contributed by atoms with Crippen LogP contribution in [0.4, 0.5) is 0 Å². The molecule has 0 saturated carbocycles. The Morgan fingerprint density at radius 2 is 1.59 bits per heavy atom. The Morgan fingerprint density at radius 3 is 2.32 bits per heavy atom. The normalized spacial score (nSPS) is 14.8. The lowest BCUT2D eigenvalue weighted by Crippen LogP contribution is -2.51. The summed E-state index contributed by atoms with van der Waals surface area (Å²) in [4.78, 5) is 27.1. The number of amides is 2. The predicted molar refractivity (Wildman–Crippen MR) is 132 cm³/mol. The van der Waals surface area contributed by atoms with Gasteiger partial charge < -0.3 is 10.2 Å². The predicted octanol–water partition coefficient (Wildman–Crippen LogP) is 3.11. The molecule has 3 aromatic rings. The van der Waals surface area contributed by atoms with Crippen molar-refractivity contribution in [3.05, 3.63) is 77.4 Å². The fourth-order valence-electron chi connectivity index (χ4n) is 4.18. The number of rotatable bonds is 6. The maximum Gasteiger partial charge on any atom is 0.251 e. The molecular weight excluding hydrogens is 450 g/mol. The summed E-state index contributed by atoms with van der Waals surface area (Å²) in [5.74, 6) is -0.314. The van der Waals surface area contributed by atoms with E-state index < -0.39 is 10.0 Å². The first-order valence-corrected chi connectivity index (χ1v) is 12.8. The first-order chi connectivity index (χ1) is 16.3. The SMILES string of the molecule is Cc1ccc(C)c(S(=O)(=O)N2CCN(C(=O)CCNC(=O)c3ccc4ccccc4c3)CC2)c1. The van der Waals surface area contributed by atoms with Gasteiger partial charge in [-0.05, 0) is 53.9 Å². The van der Waals surface area contributed by atoms with Gasteiger partial charge in [0.15, 0.2) is 0 Å². The van der Waals surface area contributed by atoms with E-state index in [2.05, 4.69) is 5.32 Å². The van der Waals surface area contributed by atoms with Crippen LogP contribution in [-0.4, -0.2) is 62.2 Å². The van der Waals surface area contributed by atoms with Crippen molar-refractivity contribution in [1.29, 1.82) is 0 Å². The molecule has 2 amide bonds. The van der Waals surface area contributed by atoms with Gasteiger partial charge in [0.05, 0.1) is 4.90 Å². The average molecular weight is 480 g/mol. The zero-order valence-electron chi connectivity index (χ0n) is 19.5. The van der Waals surface area contributed by atoms with Gasteiger partial charge in [0.1, 0.15) is 0 Å². The highest BCUT2D eigenvalue weighted by atomic mass is 32.2. The second kappa shape index (κ2) is 9.95. The van der Waals surface area contributed by atoms with Crippen LogP contribution in [0.2, 0.25) is 0 Å². The number of aryl methyl sites for hydroxylation is 2. The lowest BCUT2D eigenvalue weighted by molar-refractivity contribution is -0.132. The van der Waals surface area contributed by atoms with Crippen LogP contribution in [-0.2, 0) is 14.8 Å². The van der Waals surface area contributed by atoms with Crippen LogP contribution < -0.4 is 5.32 Å². The quantitative estimate of drug-likeness (QED) is 0.589. The Morgan fingerprint density at radius 1 is 0.882 bits per heavy atom. The van der Waals surface area contributed by atoms with Gasteiger partial charge in [0.2, 0.25) is 15.9 Å². The number of piperazine rings is 1. The molecule has 0 radical (unpaired) electrons. The molecule has 0 unspecified atom stereocenters. The van der Waals surface area contributed by atoms with Crippen molar-refractivity contribution in [2.45, 2.75) is 25.2 Å². The van der Waals surface area contributed by atoms with Crippen LogP contribution in [0, 0.1) is 13.8 Å². The Labute approximate surface area is 200 Å². The molecule has 4 rings (SSSR count). The zero-order chi connectivity index (χ0) is 24.3. The molecule has 7 nitrogen and oxygen atoms in total. The van der Waals surface area contributed by atoms with Crippen molar-refractivity contribution in [2.24, 2.45) is 0 Å². The van der Waals surface area contributed by atoms with Gasteiger partial charge in [-0.3, -0.25) is 9.59 Å². The van der Waals surface area contributed by atoms with E-state index in [4.69, 9.17) is 0 Å². The molecule has 0 bridgehead atoms. The van der Waals surface area contributed by atoms with Crippen LogP contribution in [0.5, 0.6) is 0 Å². The zero-order valence-corrected chi connectivity index (χ0v) is 20.3. The summed E-state index contributed by atoms with van der Waals surface area (Å²) < 4.78 is 27.6. The summed E-state index contributed by atoms with van der Waals surface area (Å²) in [5, 5.41) is 4.86. The lowest BCUT2D eigenvalue weighted by atomic mass is 10.1. The monoisotopic (exact) mass is 479 g/mol. The Kier molecular flexibility index (Phi) is 7.00. The summed E-state index contributed by atoms with van der Waals surface area (Å²) in [6, 6.07) is 18.7. The lowest BCUT2D eigenvalue weighted by Gasteiger charge is -2.34. The number of carbonyl (C=O) groups excluding carboxylic acids is 2. The van der Waals surface area contributed by atoms with Gasteiger partial charge >= 0.3 is 0 Å². The van der Waals surface area contributed by atoms with E-state index in [1.54, 1.807) is 24.0 Å². The third-order valence-electron chi connectivity index (χ3n) is 6.19. The average Bonchev–Trinajstić information content (AvgIpc) is 2.85. The molecule has 1 aliphatic heterocycles. The van der Waals surface area contributed by atoms with Crippen LogP contribution in [0.1, 0.15) is 27.9 Å². The van der Waals surface area contributed by atoms with Gasteiger partial charge in [0.25, 0.3) is 5.91 Å². The van der Waals surface area contributed by atoms with Gasteiger partial charge in [-0.25, -0.2) is 8.42 Å². The number of fused-ring (bicyclic) bond motifs is 1. The van der Waals surface area contributed by atoms with E-state index >= 15 is 0 Å². The number of hydrogen-bond donors (Lipinski definition) is 1. The summed E-state index contributed by atoms with van der Waals surface area (Å²) >= 11 is 0. The van der Waals surface area contributed by atoms with Crippen molar-refractivity contribution in [1.82, 2.24) is 14.5 Å². The summed E-state index contributed by atoms with van der Waals surface area (Å²) in [7, 11) is -3.60. The molecule has 1 aliphatic rings. The maximum atomic E-state index is 13.1. The van der Waals surface area contributed by atoms with Gasteiger partial charge in [-0.2, -0.15) is 4.31 Å². The maximum absolute atomic E-state index is 13.1. The summed E-state index contributed by atoms with van der Waals surface area (Å²) in [6.07, 6.45) is 0.170. The van der Waals surface area contributed by atoms with Gasteiger partial charge in [0, 0.05) is 44.7 Å². The molecule has 1 saturated heterocycles. The molecule has 8 heteroatoms. The Balaban J connectivity index is 1.28. The molecule has 0 aliphatic carbocycles. The standard InChI is InChI=1S/C26H29N3O4S/c1-19-7-8-20(2)24(17-19)34(32,33)29-15-13-28(14-16-29)25(30)11-12-27-26(31)23-10-9-21-5-3-4-6-22(21)18-23/h3-10,17-18H,11-16H2,1-2H3,(H,27,31). The van der Waals surface area contributed by atoms with Crippen molar-refractivity contribution in [3.8, 4) is 0 Å². The minimum atomic E-state index is -3.60. The first kappa shape index (κ1) is 23.9. The largest absolute Gasteiger partial charge is 0.352 e. The fourth-order valence-corrected chi connectivity index (χ4v) is 5.91.